The third-order valence-electron chi connectivity index (χ3n) is 2.40. The van der Waals surface area contributed by atoms with Crippen LogP contribution in [0.4, 0.5) is 0 Å². The van der Waals surface area contributed by atoms with Crippen molar-refractivity contribution in [1.29, 1.82) is 5.26 Å². The molecule has 0 amide bonds. The Hall–Kier alpha value is -1.86. The predicted molar refractivity (Wildman–Crippen MR) is 64.0 cm³/mol. The maximum absolute atomic E-state index is 11.0. The predicted octanol–water partition coefficient (Wildman–Crippen LogP) is 1.58. The summed E-state index contributed by atoms with van der Waals surface area (Å²) in [5.41, 5.74) is 1.13. The number of ether oxygens (including phenoxy) is 1. The van der Waals surface area contributed by atoms with Gasteiger partial charge in [-0.3, -0.25) is 9.69 Å². The summed E-state index contributed by atoms with van der Waals surface area (Å²) in [6.45, 7) is 1.52. The lowest BCUT2D eigenvalue weighted by atomic mass is 10.2. The van der Waals surface area contributed by atoms with Crippen molar-refractivity contribution in [2.45, 2.75) is 13.0 Å². The summed E-state index contributed by atoms with van der Waals surface area (Å²) in [5.74, 6) is -0.249. The Kier molecular flexibility index (Phi) is 5.76. The van der Waals surface area contributed by atoms with E-state index in [1.165, 1.54) is 7.11 Å². The third-order valence-corrected chi connectivity index (χ3v) is 2.40. The minimum absolute atomic E-state index is 0.249. The van der Waals surface area contributed by atoms with Crippen molar-refractivity contribution >= 4 is 5.97 Å². The van der Waals surface area contributed by atoms with Gasteiger partial charge in [0.2, 0.25) is 0 Å². The number of nitrogens with zero attached hydrogens (tertiary/aromatic N) is 2. The largest absolute Gasteiger partial charge is 0.469 e. The Morgan fingerprint density at radius 2 is 2.12 bits per heavy atom. The minimum atomic E-state index is -0.249. The molecule has 0 radical (unpaired) electrons. The quantitative estimate of drug-likeness (QED) is 0.552. The fourth-order valence-electron chi connectivity index (χ4n) is 1.51. The van der Waals surface area contributed by atoms with Crippen LogP contribution in [-0.4, -0.2) is 31.1 Å². The van der Waals surface area contributed by atoms with E-state index >= 15 is 0 Å². The van der Waals surface area contributed by atoms with E-state index in [2.05, 4.69) is 10.8 Å². The highest BCUT2D eigenvalue weighted by atomic mass is 16.5. The van der Waals surface area contributed by atoms with Crippen molar-refractivity contribution in [3.05, 3.63) is 35.9 Å². The lowest BCUT2D eigenvalue weighted by Crippen LogP contribution is -2.26. The summed E-state index contributed by atoms with van der Waals surface area (Å²) in [6.07, 6.45) is 0.311. The molecule has 0 aliphatic carbocycles. The average molecular weight is 232 g/mol. The number of nitriles is 1. The van der Waals surface area contributed by atoms with Gasteiger partial charge in [0.1, 0.15) is 0 Å². The highest BCUT2D eigenvalue weighted by Gasteiger charge is 2.08. The van der Waals surface area contributed by atoms with E-state index in [0.29, 0.717) is 26.1 Å². The van der Waals surface area contributed by atoms with E-state index in [1.54, 1.807) is 0 Å². The summed E-state index contributed by atoms with van der Waals surface area (Å²) in [4.78, 5) is 13.0. The van der Waals surface area contributed by atoms with Gasteiger partial charge in [0, 0.05) is 13.1 Å². The molecule has 0 aliphatic rings. The van der Waals surface area contributed by atoms with E-state index in [4.69, 9.17) is 5.26 Å². The van der Waals surface area contributed by atoms with Gasteiger partial charge in [0.05, 0.1) is 26.1 Å². The second kappa shape index (κ2) is 7.42. The zero-order valence-electron chi connectivity index (χ0n) is 9.93. The number of hydrogen-bond donors (Lipinski definition) is 0. The van der Waals surface area contributed by atoms with Gasteiger partial charge in [-0.1, -0.05) is 30.3 Å². The first kappa shape index (κ1) is 13.2. The molecule has 0 aliphatic heterocycles. The number of carbonyl (C=O) groups is 1. The molecule has 0 aromatic heterocycles. The molecule has 17 heavy (non-hydrogen) atoms. The van der Waals surface area contributed by atoms with Crippen LogP contribution >= 0.6 is 0 Å². The average Bonchev–Trinajstić information content (AvgIpc) is 2.37. The second-order valence-electron chi connectivity index (χ2n) is 3.68. The van der Waals surface area contributed by atoms with Crippen LogP contribution < -0.4 is 0 Å². The lowest BCUT2D eigenvalue weighted by Gasteiger charge is -2.18. The van der Waals surface area contributed by atoms with Crippen LogP contribution in [0.25, 0.3) is 0 Å². The fraction of sp³-hybridized carbons (Fsp3) is 0.385. The summed E-state index contributed by atoms with van der Waals surface area (Å²) >= 11 is 0. The zero-order valence-corrected chi connectivity index (χ0v) is 9.93. The number of rotatable bonds is 6. The van der Waals surface area contributed by atoms with Gasteiger partial charge in [-0.25, -0.2) is 0 Å². The Labute approximate surface area is 101 Å². The standard InChI is InChI=1S/C13H16N2O2/c1-17-13(16)7-9-15(10-8-14)11-12-5-3-2-4-6-12/h2-6H,7,9-11H2,1H3. The maximum atomic E-state index is 11.0. The molecule has 0 spiro atoms. The van der Waals surface area contributed by atoms with Crippen LogP contribution in [0.2, 0.25) is 0 Å². The van der Waals surface area contributed by atoms with Crippen molar-refractivity contribution in [2.75, 3.05) is 20.2 Å². The SMILES string of the molecule is COC(=O)CCN(CC#N)Cc1ccccc1. The second-order valence-corrected chi connectivity index (χ2v) is 3.68. The topological polar surface area (TPSA) is 53.3 Å². The highest BCUT2D eigenvalue weighted by molar-refractivity contribution is 5.69. The van der Waals surface area contributed by atoms with E-state index in [0.717, 1.165) is 5.56 Å². The van der Waals surface area contributed by atoms with Gasteiger partial charge in [0.15, 0.2) is 0 Å². The molecule has 1 aromatic rings. The molecular weight excluding hydrogens is 216 g/mol. The molecule has 0 saturated heterocycles. The third kappa shape index (κ3) is 5.14. The first-order valence-electron chi connectivity index (χ1n) is 5.46. The first-order chi connectivity index (χ1) is 8.26. The van der Waals surface area contributed by atoms with E-state index in [-0.39, 0.29) is 5.97 Å². The molecule has 0 N–H and O–H groups in total. The van der Waals surface area contributed by atoms with Crippen LogP contribution in [0.3, 0.4) is 0 Å². The van der Waals surface area contributed by atoms with E-state index < -0.39 is 0 Å². The van der Waals surface area contributed by atoms with Crippen molar-refractivity contribution in [3.8, 4) is 6.07 Å². The van der Waals surface area contributed by atoms with Crippen LogP contribution in [0.15, 0.2) is 30.3 Å². The first-order valence-corrected chi connectivity index (χ1v) is 5.46. The summed E-state index contributed by atoms with van der Waals surface area (Å²) in [7, 11) is 1.37. The number of carbonyl (C=O) groups excluding carboxylic acids is 1. The van der Waals surface area contributed by atoms with E-state index in [1.807, 2.05) is 35.2 Å². The molecule has 0 fully saturated rings. The molecule has 0 unspecified atom stereocenters. The number of methoxy groups -OCH3 is 1. The van der Waals surface area contributed by atoms with Gasteiger partial charge in [-0.05, 0) is 5.56 Å². The minimum Gasteiger partial charge on any atom is -0.469 e. The molecule has 90 valence electrons. The molecule has 0 saturated carbocycles. The van der Waals surface area contributed by atoms with Crippen LogP contribution in [0.1, 0.15) is 12.0 Å². The van der Waals surface area contributed by atoms with Gasteiger partial charge >= 0.3 is 5.97 Å². The molecule has 1 aromatic carbocycles. The summed E-state index contributed by atoms with van der Waals surface area (Å²) < 4.78 is 4.58. The number of benzene rings is 1. The summed E-state index contributed by atoms with van der Waals surface area (Å²) in [6, 6.07) is 12.0. The Morgan fingerprint density at radius 3 is 2.71 bits per heavy atom. The van der Waals surface area contributed by atoms with E-state index in [9.17, 15) is 4.79 Å². The molecule has 0 bridgehead atoms. The molecule has 0 atom stereocenters. The van der Waals surface area contributed by atoms with Gasteiger partial charge in [-0.2, -0.15) is 5.26 Å². The van der Waals surface area contributed by atoms with Gasteiger partial charge in [0.25, 0.3) is 0 Å². The fourth-order valence-corrected chi connectivity index (χ4v) is 1.51. The van der Waals surface area contributed by atoms with Crippen molar-refractivity contribution in [2.24, 2.45) is 0 Å². The zero-order chi connectivity index (χ0) is 12.5. The van der Waals surface area contributed by atoms with Crippen LogP contribution in [0, 0.1) is 11.3 Å². The smallest absolute Gasteiger partial charge is 0.306 e. The lowest BCUT2D eigenvalue weighted by molar-refractivity contribution is -0.141. The molecule has 4 nitrogen and oxygen atoms in total. The maximum Gasteiger partial charge on any atom is 0.306 e. The normalized spacial score (nSPS) is 9.94. The molecule has 0 heterocycles. The molecule has 1 rings (SSSR count). The molecule has 4 heteroatoms. The Balaban J connectivity index is 2.49. The van der Waals surface area contributed by atoms with Crippen LogP contribution in [0.5, 0.6) is 0 Å². The monoisotopic (exact) mass is 232 g/mol. The number of hydrogen-bond acceptors (Lipinski definition) is 4. The van der Waals surface area contributed by atoms with Crippen molar-refractivity contribution < 1.29 is 9.53 Å². The van der Waals surface area contributed by atoms with Gasteiger partial charge < -0.3 is 4.74 Å². The Morgan fingerprint density at radius 1 is 1.41 bits per heavy atom. The molecular formula is C13H16N2O2. The van der Waals surface area contributed by atoms with Crippen LogP contribution in [-0.2, 0) is 16.1 Å². The van der Waals surface area contributed by atoms with Gasteiger partial charge in [-0.15, -0.1) is 0 Å². The number of esters is 1. The highest BCUT2D eigenvalue weighted by Crippen LogP contribution is 2.04. The Bertz CT molecular complexity index is 384. The van der Waals surface area contributed by atoms with Crippen molar-refractivity contribution in [1.82, 2.24) is 4.90 Å². The summed E-state index contributed by atoms with van der Waals surface area (Å²) in [5, 5.41) is 8.73. The van der Waals surface area contributed by atoms with Crippen molar-refractivity contribution in [3.63, 3.8) is 0 Å².